The maximum Gasteiger partial charge on any atom is 0.262 e. The van der Waals surface area contributed by atoms with Crippen LogP contribution in [0.3, 0.4) is 0 Å². The summed E-state index contributed by atoms with van der Waals surface area (Å²) >= 11 is 0. The number of piperidine rings is 1. The van der Waals surface area contributed by atoms with Crippen molar-refractivity contribution in [3.63, 3.8) is 0 Å². The summed E-state index contributed by atoms with van der Waals surface area (Å²) < 4.78 is 0. The Morgan fingerprint density at radius 1 is 1.07 bits per heavy atom. The van der Waals surface area contributed by atoms with Crippen molar-refractivity contribution in [2.24, 2.45) is 5.92 Å². The number of benzene rings is 1. The van der Waals surface area contributed by atoms with Crippen molar-refractivity contribution in [2.45, 2.75) is 50.4 Å². The first-order valence-electron chi connectivity index (χ1n) is 9.84. The number of carbonyl (C=O) groups excluding carboxylic acids is 4. The van der Waals surface area contributed by atoms with Gasteiger partial charge >= 0.3 is 0 Å². The van der Waals surface area contributed by atoms with Crippen molar-refractivity contribution in [1.82, 2.24) is 20.9 Å². The lowest BCUT2D eigenvalue weighted by atomic mass is 9.75. The van der Waals surface area contributed by atoms with Crippen molar-refractivity contribution >= 4 is 23.6 Å². The van der Waals surface area contributed by atoms with E-state index in [-0.39, 0.29) is 18.7 Å². The third-order valence-electron chi connectivity index (χ3n) is 6.50. The van der Waals surface area contributed by atoms with E-state index in [2.05, 4.69) is 16.0 Å². The van der Waals surface area contributed by atoms with Crippen LogP contribution in [0.5, 0.6) is 0 Å². The molecule has 1 saturated carbocycles. The molecule has 1 aromatic carbocycles. The van der Waals surface area contributed by atoms with Gasteiger partial charge in [-0.25, -0.2) is 0 Å². The average Bonchev–Trinajstić information content (AvgIpc) is 3.14. The first kappa shape index (κ1) is 17.5. The van der Waals surface area contributed by atoms with E-state index in [4.69, 9.17) is 0 Å². The largest absolute Gasteiger partial charge is 0.314 e. The summed E-state index contributed by atoms with van der Waals surface area (Å²) in [4.78, 5) is 50.0. The summed E-state index contributed by atoms with van der Waals surface area (Å²) in [6.45, 7) is 1.72. The quantitative estimate of drug-likeness (QED) is 0.629. The molecule has 146 valence electrons. The highest BCUT2D eigenvalue weighted by Gasteiger charge is 2.45. The summed E-state index contributed by atoms with van der Waals surface area (Å²) in [6.07, 6.45) is 2.61. The second-order valence-electron chi connectivity index (χ2n) is 8.06. The number of carbonyl (C=O) groups is 4. The molecule has 28 heavy (non-hydrogen) atoms. The number of imide groups is 2. The van der Waals surface area contributed by atoms with E-state index in [0.29, 0.717) is 35.7 Å². The highest BCUT2D eigenvalue weighted by Crippen LogP contribution is 2.35. The van der Waals surface area contributed by atoms with Gasteiger partial charge in [0.2, 0.25) is 11.8 Å². The van der Waals surface area contributed by atoms with Gasteiger partial charge in [0.1, 0.15) is 6.04 Å². The lowest BCUT2D eigenvalue weighted by molar-refractivity contribution is -0.136. The molecule has 3 heterocycles. The van der Waals surface area contributed by atoms with Crippen molar-refractivity contribution < 1.29 is 19.2 Å². The summed E-state index contributed by atoms with van der Waals surface area (Å²) in [5.74, 6) is -1.20. The Kier molecular flexibility index (Phi) is 4.06. The summed E-state index contributed by atoms with van der Waals surface area (Å²) in [5.41, 5.74) is 1.60. The molecule has 0 radical (unpaired) electrons. The predicted octanol–water partition coefficient (Wildman–Crippen LogP) is -0.0722. The minimum atomic E-state index is -0.923. The van der Waals surface area contributed by atoms with Crippen LogP contribution in [0.2, 0.25) is 0 Å². The second kappa shape index (κ2) is 6.49. The molecule has 1 aliphatic carbocycles. The molecule has 1 unspecified atom stereocenters. The minimum absolute atomic E-state index is 0.122. The van der Waals surface area contributed by atoms with Crippen LogP contribution in [0.1, 0.15) is 52.0 Å². The first-order valence-corrected chi connectivity index (χ1v) is 9.84. The SMILES string of the molecule is O=C1CCC(N2C(=O)c3ccc(CN[C@@H]4C[C@@H]5NCC[C@@H]54)cc3C2=O)C(=O)N1. The van der Waals surface area contributed by atoms with E-state index < -0.39 is 23.8 Å². The summed E-state index contributed by atoms with van der Waals surface area (Å²) in [6, 6.07) is 5.47. The molecule has 5 rings (SSSR count). The Morgan fingerprint density at radius 2 is 1.89 bits per heavy atom. The van der Waals surface area contributed by atoms with Gasteiger partial charge in [-0.05, 0) is 49.4 Å². The van der Waals surface area contributed by atoms with E-state index >= 15 is 0 Å². The monoisotopic (exact) mass is 382 g/mol. The number of fused-ring (bicyclic) bond motifs is 2. The Balaban J connectivity index is 1.30. The van der Waals surface area contributed by atoms with Gasteiger partial charge in [0.15, 0.2) is 0 Å². The van der Waals surface area contributed by atoms with Gasteiger partial charge in [0, 0.05) is 25.0 Å². The molecule has 4 aliphatic rings. The Morgan fingerprint density at radius 3 is 2.68 bits per heavy atom. The first-order chi connectivity index (χ1) is 13.5. The minimum Gasteiger partial charge on any atom is -0.314 e. The molecule has 3 aliphatic heterocycles. The van der Waals surface area contributed by atoms with Crippen LogP contribution in [0.25, 0.3) is 0 Å². The van der Waals surface area contributed by atoms with E-state index in [1.165, 1.54) is 6.42 Å². The zero-order valence-corrected chi connectivity index (χ0v) is 15.4. The fraction of sp³-hybridized carbons (Fsp3) is 0.500. The lowest BCUT2D eigenvalue weighted by Gasteiger charge is -2.40. The number of hydrogen-bond donors (Lipinski definition) is 3. The number of nitrogens with zero attached hydrogens (tertiary/aromatic N) is 1. The van der Waals surface area contributed by atoms with Gasteiger partial charge in [-0.2, -0.15) is 0 Å². The van der Waals surface area contributed by atoms with Gasteiger partial charge in [0.25, 0.3) is 11.8 Å². The molecule has 1 aromatic rings. The normalized spacial score (nSPS) is 31.5. The van der Waals surface area contributed by atoms with Gasteiger partial charge in [0.05, 0.1) is 11.1 Å². The van der Waals surface area contributed by atoms with Gasteiger partial charge in [-0.3, -0.25) is 29.4 Å². The van der Waals surface area contributed by atoms with E-state index in [1.807, 2.05) is 6.07 Å². The smallest absolute Gasteiger partial charge is 0.262 e. The lowest BCUT2D eigenvalue weighted by Crippen LogP contribution is -2.54. The van der Waals surface area contributed by atoms with Crippen LogP contribution in [-0.2, 0) is 16.1 Å². The number of hydrogen-bond acceptors (Lipinski definition) is 6. The molecule has 8 nitrogen and oxygen atoms in total. The number of nitrogens with one attached hydrogen (secondary N) is 3. The van der Waals surface area contributed by atoms with Gasteiger partial charge < -0.3 is 10.6 Å². The molecule has 0 aromatic heterocycles. The van der Waals surface area contributed by atoms with E-state index in [1.54, 1.807) is 12.1 Å². The molecule has 3 fully saturated rings. The molecule has 8 heteroatoms. The molecular weight excluding hydrogens is 360 g/mol. The fourth-order valence-corrected chi connectivity index (χ4v) is 4.89. The van der Waals surface area contributed by atoms with Crippen LogP contribution in [0.15, 0.2) is 18.2 Å². The summed E-state index contributed by atoms with van der Waals surface area (Å²) in [7, 11) is 0. The van der Waals surface area contributed by atoms with E-state index in [0.717, 1.165) is 23.4 Å². The molecular formula is C20H22N4O4. The van der Waals surface area contributed by atoms with Gasteiger partial charge in [-0.15, -0.1) is 0 Å². The van der Waals surface area contributed by atoms with Crippen molar-refractivity contribution in [1.29, 1.82) is 0 Å². The number of rotatable bonds is 4. The maximum absolute atomic E-state index is 12.9. The second-order valence-corrected chi connectivity index (χ2v) is 8.06. The Hall–Kier alpha value is -2.58. The molecule has 3 N–H and O–H groups in total. The maximum atomic E-state index is 12.9. The molecule has 0 spiro atoms. The zero-order valence-electron chi connectivity index (χ0n) is 15.4. The fourth-order valence-electron chi connectivity index (χ4n) is 4.89. The Bertz CT molecular complexity index is 898. The van der Waals surface area contributed by atoms with Crippen molar-refractivity contribution in [2.75, 3.05) is 6.54 Å². The summed E-state index contributed by atoms with van der Waals surface area (Å²) in [5, 5.41) is 9.26. The third-order valence-corrected chi connectivity index (χ3v) is 6.50. The highest BCUT2D eigenvalue weighted by atomic mass is 16.2. The van der Waals surface area contributed by atoms with Gasteiger partial charge in [-0.1, -0.05) is 6.07 Å². The zero-order chi connectivity index (χ0) is 19.4. The van der Waals surface area contributed by atoms with Crippen LogP contribution >= 0.6 is 0 Å². The average molecular weight is 382 g/mol. The molecule has 4 atom stereocenters. The third kappa shape index (κ3) is 2.67. The van der Waals surface area contributed by atoms with Crippen LogP contribution in [0.4, 0.5) is 0 Å². The van der Waals surface area contributed by atoms with Crippen LogP contribution in [-0.4, -0.2) is 53.2 Å². The highest BCUT2D eigenvalue weighted by molar-refractivity contribution is 6.23. The predicted molar refractivity (Wildman–Crippen MR) is 98.3 cm³/mol. The van der Waals surface area contributed by atoms with Crippen LogP contribution in [0, 0.1) is 5.92 Å². The molecule has 0 bridgehead atoms. The van der Waals surface area contributed by atoms with Crippen LogP contribution < -0.4 is 16.0 Å². The molecule has 4 amide bonds. The Labute approximate surface area is 162 Å². The van der Waals surface area contributed by atoms with E-state index in [9.17, 15) is 19.2 Å². The number of amides is 4. The van der Waals surface area contributed by atoms with Crippen molar-refractivity contribution in [3.8, 4) is 0 Å². The molecule has 2 saturated heterocycles. The standard InChI is InChI=1S/C20H22N4O4/c25-17-4-3-16(18(26)23-17)24-19(27)11-2-1-10(7-13(11)20(24)28)9-22-15-8-14-12(15)5-6-21-14/h1-2,7,12,14-16,21-22H,3-6,8-9H2,(H,23,25,26)/t12-,14-,15+,16?/m0/s1. The topological polar surface area (TPSA) is 108 Å². The van der Waals surface area contributed by atoms with Crippen molar-refractivity contribution in [3.05, 3.63) is 34.9 Å².